The predicted molar refractivity (Wildman–Crippen MR) is 101 cm³/mol. The Labute approximate surface area is 170 Å². The number of nitrogens with one attached hydrogen (secondary N) is 1. The summed E-state index contributed by atoms with van der Waals surface area (Å²) < 4.78 is 23.1. The highest BCUT2D eigenvalue weighted by molar-refractivity contribution is 7.51. The molecule has 2 fully saturated rings. The molecule has 4 atom stereocenters. The monoisotopic (exact) mass is 448 g/mol. The normalized spacial score (nSPS) is 28.2. The molecule has 0 unspecified atom stereocenters. The Morgan fingerprint density at radius 3 is 2.72 bits per heavy atom. The van der Waals surface area contributed by atoms with Crippen LogP contribution in [0.1, 0.15) is 11.9 Å². The molecule has 2 aliphatic heterocycles. The van der Waals surface area contributed by atoms with Crippen molar-refractivity contribution in [3.05, 3.63) is 23.2 Å². The molecular formula is C16H22ClN4O7P. The molecule has 13 heteroatoms. The largest absolute Gasteiger partial charge is 0.387 e. The van der Waals surface area contributed by atoms with E-state index < -0.39 is 38.5 Å². The molecule has 29 heavy (non-hydrogen) atoms. The fourth-order valence-electron chi connectivity index (χ4n) is 3.58. The molecule has 0 spiro atoms. The molecule has 2 aromatic rings. The van der Waals surface area contributed by atoms with Crippen LogP contribution in [-0.4, -0.2) is 78.9 Å². The smallest absolute Gasteiger partial charge is 0.350 e. The Hall–Kier alpha value is -1.14. The van der Waals surface area contributed by atoms with Crippen molar-refractivity contribution >= 4 is 30.2 Å². The van der Waals surface area contributed by atoms with Gasteiger partial charge in [0.05, 0.1) is 12.3 Å². The zero-order valence-electron chi connectivity index (χ0n) is 15.3. The molecule has 0 bridgehead atoms. The first-order valence-electron chi connectivity index (χ1n) is 9.10. The van der Waals surface area contributed by atoms with Crippen molar-refractivity contribution in [1.29, 1.82) is 0 Å². The average Bonchev–Trinajstić information content (AvgIpc) is 3.13. The molecule has 0 amide bonds. The molecule has 2 aromatic heterocycles. The Balaban J connectivity index is 1.55. The molecular weight excluding hydrogens is 427 g/mol. The van der Waals surface area contributed by atoms with Gasteiger partial charge in [0.2, 0.25) is 5.28 Å². The van der Waals surface area contributed by atoms with Crippen LogP contribution in [0.4, 0.5) is 0 Å². The number of rotatable bonds is 7. The van der Waals surface area contributed by atoms with Gasteiger partial charge in [-0.25, -0.2) is 4.98 Å². The Morgan fingerprint density at radius 1 is 1.31 bits per heavy atom. The third-order valence-corrected chi connectivity index (χ3v) is 5.81. The fraction of sp³-hybridized carbons (Fsp3) is 0.625. The Bertz CT molecular complexity index is 933. The molecule has 4 rings (SSSR count). The minimum atomic E-state index is -4.34. The van der Waals surface area contributed by atoms with Crippen LogP contribution in [0.5, 0.6) is 0 Å². The van der Waals surface area contributed by atoms with Gasteiger partial charge in [0.1, 0.15) is 30.3 Å². The van der Waals surface area contributed by atoms with Crippen molar-refractivity contribution in [3.8, 4) is 0 Å². The number of aliphatic hydroxyl groups is 2. The molecule has 0 saturated carbocycles. The van der Waals surface area contributed by atoms with Crippen LogP contribution in [0, 0.1) is 5.92 Å². The highest BCUT2D eigenvalue weighted by Gasteiger charge is 2.44. The third kappa shape index (κ3) is 4.48. The van der Waals surface area contributed by atoms with Gasteiger partial charge < -0.3 is 39.4 Å². The number of aliphatic hydroxyl groups excluding tert-OH is 2. The molecule has 4 heterocycles. The van der Waals surface area contributed by atoms with Crippen LogP contribution >= 0.6 is 19.2 Å². The summed E-state index contributed by atoms with van der Waals surface area (Å²) in [5, 5.41) is 24.8. The Morgan fingerprint density at radius 2 is 2.07 bits per heavy atom. The number of fused-ring (bicyclic) bond motifs is 1. The van der Waals surface area contributed by atoms with E-state index in [1.165, 1.54) is 0 Å². The van der Waals surface area contributed by atoms with Crippen LogP contribution in [-0.2, 0) is 20.5 Å². The van der Waals surface area contributed by atoms with E-state index in [-0.39, 0.29) is 11.9 Å². The van der Waals surface area contributed by atoms with Crippen LogP contribution in [0.25, 0.3) is 11.0 Å². The number of hydrogen-bond donors (Lipinski definition) is 5. The summed E-state index contributed by atoms with van der Waals surface area (Å²) in [4.78, 5) is 26.3. The second-order valence-electron chi connectivity index (χ2n) is 7.34. The van der Waals surface area contributed by atoms with E-state index in [2.05, 4.69) is 15.3 Å². The summed E-state index contributed by atoms with van der Waals surface area (Å²) in [5.74, 6) is 0.471. The molecule has 160 valence electrons. The van der Waals surface area contributed by atoms with Gasteiger partial charge in [-0.15, -0.1) is 0 Å². The van der Waals surface area contributed by atoms with Crippen LogP contribution in [0.3, 0.4) is 0 Å². The zero-order valence-corrected chi connectivity index (χ0v) is 16.9. The van der Waals surface area contributed by atoms with Gasteiger partial charge >= 0.3 is 7.60 Å². The lowest BCUT2D eigenvalue weighted by atomic mass is 9.96. The predicted octanol–water partition coefficient (Wildman–Crippen LogP) is -0.382. The SMILES string of the molecule is O=P(O)(O)COC[C@H]1O[C@@H](n2ccc3c(CC4CNC4)nc(Cl)nc32)[C@H](O)[C@@H]1O. The number of aromatic nitrogens is 3. The second-order valence-corrected chi connectivity index (χ2v) is 9.26. The molecule has 2 saturated heterocycles. The van der Waals surface area contributed by atoms with Crippen molar-refractivity contribution < 1.29 is 34.0 Å². The van der Waals surface area contributed by atoms with Crippen molar-refractivity contribution in [2.75, 3.05) is 26.0 Å². The lowest BCUT2D eigenvalue weighted by molar-refractivity contribution is -0.0610. The fourth-order valence-corrected chi connectivity index (χ4v) is 4.10. The van der Waals surface area contributed by atoms with E-state index in [9.17, 15) is 14.8 Å². The first-order valence-corrected chi connectivity index (χ1v) is 11.3. The lowest BCUT2D eigenvalue weighted by Gasteiger charge is -2.26. The van der Waals surface area contributed by atoms with Gasteiger partial charge in [-0.3, -0.25) is 4.57 Å². The van der Waals surface area contributed by atoms with E-state index >= 15 is 0 Å². The number of hydrogen-bond acceptors (Lipinski definition) is 8. The van der Waals surface area contributed by atoms with Gasteiger partial charge in [-0.05, 0) is 43.1 Å². The van der Waals surface area contributed by atoms with Crippen LogP contribution < -0.4 is 5.32 Å². The summed E-state index contributed by atoms with van der Waals surface area (Å²) in [6.07, 6.45) is -2.89. The number of halogens is 1. The van der Waals surface area contributed by atoms with E-state index in [0.29, 0.717) is 11.6 Å². The summed E-state index contributed by atoms with van der Waals surface area (Å²) in [7, 11) is -4.34. The molecule has 0 aromatic carbocycles. The number of nitrogens with zero attached hydrogens (tertiary/aromatic N) is 3. The van der Waals surface area contributed by atoms with Crippen molar-refractivity contribution in [1.82, 2.24) is 19.9 Å². The molecule has 0 aliphatic carbocycles. The van der Waals surface area contributed by atoms with Crippen molar-refractivity contribution in [2.24, 2.45) is 5.92 Å². The van der Waals surface area contributed by atoms with E-state index in [1.807, 2.05) is 6.07 Å². The van der Waals surface area contributed by atoms with Gasteiger partial charge in [-0.2, -0.15) is 4.98 Å². The minimum Gasteiger partial charge on any atom is -0.387 e. The number of ether oxygens (including phenoxy) is 2. The second kappa shape index (κ2) is 8.18. The van der Waals surface area contributed by atoms with Gasteiger partial charge in [-0.1, -0.05) is 0 Å². The summed E-state index contributed by atoms with van der Waals surface area (Å²) >= 11 is 6.11. The average molecular weight is 449 g/mol. The van der Waals surface area contributed by atoms with Crippen LogP contribution in [0.2, 0.25) is 5.28 Å². The summed E-state index contributed by atoms with van der Waals surface area (Å²) in [5.41, 5.74) is 1.28. The first-order chi connectivity index (χ1) is 13.7. The van der Waals surface area contributed by atoms with E-state index in [0.717, 1.165) is 30.6 Å². The van der Waals surface area contributed by atoms with Gasteiger partial charge in [0.15, 0.2) is 6.23 Å². The van der Waals surface area contributed by atoms with Crippen molar-refractivity contribution in [3.63, 3.8) is 0 Å². The quantitative estimate of drug-likeness (QED) is 0.279. The molecule has 5 N–H and O–H groups in total. The Kier molecular flexibility index (Phi) is 5.95. The maximum absolute atomic E-state index is 10.9. The summed E-state index contributed by atoms with van der Waals surface area (Å²) in [6, 6.07) is 1.81. The standard InChI is InChI=1S/C16H22ClN4O7P/c17-16-19-10(3-8-4-18-5-8)9-1-2-21(14(9)20-16)15-13(23)12(22)11(28-15)6-27-7-29(24,25)26/h1-2,8,11-13,15,18,22-23H,3-7H2,(H2,24,25,26)/t11-,12-,13-,15-/m1/s1. The topological polar surface area (TPSA) is 159 Å². The first kappa shape index (κ1) is 21.1. The lowest BCUT2D eigenvalue weighted by Crippen LogP contribution is -2.43. The molecule has 11 nitrogen and oxygen atoms in total. The van der Waals surface area contributed by atoms with Gasteiger partial charge in [0.25, 0.3) is 0 Å². The highest BCUT2D eigenvalue weighted by Crippen LogP contribution is 2.36. The maximum Gasteiger partial charge on any atom is 0.350 e. The minimum absolute atomic E-state index is 0.0781. The molecule has 2 aliphatic rings. The van der Waals surface area contributed by atoms with Crippen LogP contribution in [0.15, 0.2) is 12.3 Å². The molecule has 0 radical (unpaired) electrons. The highest BCUT2D eigenvalue weighted by atomic mass is 35.5. The van der Waals surface area contributed by atoms with E-state index in [4.69, 9.17) is 30.9 Å². The zero-order chi connectivity index (χ0) is 20.8. The maximum atomic E-state index is 10.9. The third-order valence-electron chi connectivity index (χ3n) is 5.12. The van der Waals surface area contributed by atoms with Gasteiger partial charge in [0, 0.05) is 11.6 Å². The van der Waals surface area contributed by atoms with E-state index in [1.54, 1.807) is 10.8 Å². The summed E-state index contributed by atoms with van der Waals surface area (Å²) in [6.45, 7) is 1.54. The van der Waals surface area contributed by atoms with Crippen molar-refractivity contribution in [2.45, 2.75) is 31.0 Å².